The third-order valence-corrected chi connectivity index (χ3v) is 16.2. The number of nitrogens with one attached hydrogen (secondary N) is 1. The summed E-state index contributed by atoms with van der Waals surface area (Å²) in [5.41, 5.74) is 4.60. The minimum atomic E-state index is -4.02. The van der Waals surface area contributed by atoms with Crippen molar-refractivity contribution in [1.82, 2.24) is 13.9 Å². The molecule has 2 saturated heterocycles. The van der Waals surface area contributed by atoms with E-state index >= 15 is 0 Å². The molecule has 0 unspecified atom stereocenters. The molecule has 6 atom stereocenters. The van der Waals surface area contributed by atoms with Crippen LogP contribution in [0.1, 0.15) is 125 Å². The van der Waals surface area contributed by atoms with Crippen LogP contribution >= 0.6 is 0 Å². The van der Waals surface area contributed by atoms with Gasteiger partial charge in [-0.15, -0.1) is 6.58 Å². The maximum atomic E-state index is 14.9. The molecule has 2 spiro atoms. The summed E-state index contributed by atoms with van der Waals surface area (Å²) in [7, 11) is -4.02. The Hall–Kier alpha value is -2.11. The number of amides is 2. The molecule has 6 aliphatic rings. The summed E-state index contributed by atoms with van der Waals surface area (Å²) in [4.78, 5) is 58.7. The number of nitrogens with two attached hydrogens (primary N) is 1. The molecule has 2 aliphatic heterocycles. The smallest absolute Gasteiger partial charge is 0.303 e. The summed E-state index contributed by atoms with van der Waals surface area (Å²) in [6.07, 6.45) is 12.3. The van der Waals surface area contributed by atoms with Crippen LogP contribution in [-0.2, 0) is 29.4 Å². The Morgan fingerprint density at radius 1 is 0.959 bits per heavy atom. The zero-order chi connectivity index (χ0) is 35.8. The van der Waals surface area contributed by atoms with E-state index in [4.69, 9.17) is 5.73 Å². The molecule has 0 aromatic rings. The second-order valence-electron chi connectivity index (χ2n) is 18.2. The highest BCUT2D eigenvalue weighted by atomic mass is 32.2. The van der Waals surface area contributed by atoms with Crippen molar-refractivity contribution in [2.24, 2.45) is 50.6 Å². The third-order valence-electron chi connectivity index (χ3n) is 14.7. The SMILES string of the molecule is C=C[C@@H]1C[C@]1(CC(=O)[C@@H]1C[C@@]2(CN1C(=O)[C@@H](CC(=O)[C@@H](N)C1CCCCC1)C(C)(C)C)C(C)(C)C21CCC1)C(=O)NS(=O)(=O)N1CCCC1. The molecule has 0 aromatic carbocycles. The maximum absolute atomic E-state index is 14.9. The number of ketones is 2. The fourth-order valence-electron chi connectivity index (χ4n) is 11.0. The van der Waals surface area contributed by atoms with Crippen molar-refractivity contribution < 1.29 is 27.6 Å². The lowest BCUT2D eigenvalue weighted by Gasteiger charge is -2.36. The van der Waals surface area contributed by atoms with Gasteiger partial charge in [0.05, 0.1) is 17.5 Å². The first-order valence-electron chi connectivity index (χ1n) is 18.9. The van der Waals surface area contributed by atoms with Crippen LogP contribution in [-0.4, -0.2) is 72.7 Å². The van der Waals surface area contributed by atoms with Gasteiger partial charge in [0.1, 0.15) is 0 Å². The van der Waals surface area contributed by atoms with Gasteiger partial charge in [-0.1, -0.05) is 66.4 Å². The van der Waals surface area contributed by atoms with Crippen LogP contribution in [0.15, 0.2) is 12.7 Å². The average Bonchev–Trinajstić information content (AvgIpc) is 3.49. The van der Waals surface area contributed by atoms with Crippen LogP contribution in [0.3, 0.4) is 0 Å². The Morgan fingerprint density at radius 3 is 2.10 bits per heavy atom. The molecule has 274 valence electrons. The van der Waals surface area contributed by atoms with E-state index in [1.54, 1.807) is 11.0 Å². The van der Waals surface area contributed by atoms with E-state index in [1.165, 1.54) is 4.31 Å². The van der Waals surface area contributed by atoms with E-state index in [0.717, 1.165) is 64.2 Å². The van der Waals surface area contributed by atoms with E-state index in [1.807, 2.05) is 20.8 Å². The predicted octanol–water partition coefficient (Wildman–Crippen LogP) is 4.92. The van der Waals surface area contributed by atoms with Crippen LogP contribution in [0, 0.1) is 44.8 Å². The summed E-state index contributed by atoms with van der Waals surface area (Å²) < 4.78 is 29.7. The normalized spacial score (nSPS) is 33.6. The monoisotopic (exact) mass is 700 g/mol. The molecule has 2 amide bonds. The second kappa shape index (κ2) is 12.5. The summed E-state index contributed by atoms with van der Waals surface area (Å²) in [5, 5.41) is 0. The molecular formula is C38H60N4O6S. The highest BCUT2D eigenvalue weighted by molar-refractivity contribution is 7.87. The number of nitrogens with zero attached hydrogens (tertiary/aromatic N) is 2. The lowest BCUT2D eigenvalue weighted by atomic mass is 9.73. The fraction of sp³-hybridized carbons (Fsp3) is 0.842. The number of hydrogen-bond donors (Lipinski definition) is 2. The van der Waals surface area contributed by atoms with Crippen LogP contribution in [0.4, 0.5) is 0 Å². The lowest BCUT2D eigenvalue weighted by Crippen LogP contribution is -2.50. The first kappa shape index (κ1) is 36.7. The van der Waals surface area contributed by atoms with E-state index < -0.39 is 44.9 Å². The average molecular weight is 701 g/mol. The van der Waals surface area contributed by atoms with Gasteiger partial charge in [-0.3, -0.25) is 19.2 Å². The third kappa shape index (κ3) is 5.85. The number of carbonyl (C=O) groups excluding carboxylic acids is 4. The fourth-order valence-corrected chi connectivity index (χ4v) is 12.3. The Bertz CT molecular complexity index is 1490. The van der Waals surface area contributed by atoms with Gasteiger partial charge in [0.2, 0.25) is 11.8 Å². The van der Waals surface area contributed by atoms with Crippen molar-refractivity contribution in [2.45, 2.75) is 137 Å². The van der Waals surface area contributed by atoms with Crippen LogP contribution in [0.5, 0.6) is 0 Å². The zero-order valence-corrected chi connectivity index (χ0v) is 31.3. The van der Waals surface area contributed by atoms with Crippen molar-refractivity contribution in [3.8, 4) is 0 Å². The quantitative estimate of drug-likeness (QED) is 0.275. The van der Waals surface area contributed by atoms with Crippen LogP contribution in [0.2, 0.25) is 0 Å². The summed E-state index contributed by atoms with van der Waals surface area (Å²) in [6, 6.07) is -1.34. The summed E-state index contributed by atoms with van der Waals surface area (Å²) >= 11 is 0. The molecule has 6 rings (SSSR count). The van der Waals surface area contributed by atoms with Crippen molar-refractivity contribution in [3.63, 3.8) is 0 Å². The van der Waals surface area contributed by atoms with Gasteiger partial charge >= 0.3 is 10.2 Å². The van der Waals surface area contributed by atoms with Gasteiger partial charge in [0, 0.05) is 43.8 Å². The number of likely N-dealkylation sites (tertiary alicyclic amines) is 1. The molecule has 4 aliphatic carbocycles. The Kier molecular flexibility index (Phi) is 9.38. The van der Waals surface area contributed by atoms with Crippen molar-refractivity contribution >= 4 is 33.6 Å². The minimum Gasteiger partial charge on any atom is -0.332 e. The Labute approximate surface area is 293 Å². The van der Waals surface area contributed by atoms with Gasteiger partial charge in [0.15, 0.2) is 11.6 Å². The highest BCUT2D eigenvalue weighted by Crippen LogP contribution is 2.88. The number of fused-ring (bicyclic) bond motifs is 1. The van der Waals surface area contributed by atoms with Crippen molar-refractivity contribution in [3.05, 3.63) is 12.7 Å². The Morgan fingerprint density at radius 2 is 1.59 bits per heavy atom. The first-order valence-corrected chi connectivity index (χ1v) is 20.4. The molecule has 0 bridgehead atoms. The highest BCUT2D eigenvalue weighted by Gasteiger charge is 2.85. The standard InChI is InChI=1S/C38H60N4O6S/c1-7-26-21-36(26,33(46)40-49(47,48)41-18-11-12-19-41)23-30(44)28-22-38(35(5,6)37(38)16-13-17-37)24-42(28)32(45)27(34(2,3)4)20-29(43)31(39)25-14-9-8-10-15-25/h7,25-28,31H,1,8-24,39H2,2-6H3,(H,40,46)/t26-,27-,28+,31+,36-,38-/m1/s1. The van der Waals surface area contributed by atoms with Gasteiger partial charge < -0.3 is 10.6 Å². The second-order valence-corrected chi connectivity index (χ2v) is 19.9. The van der Waals surface area contributed by atoms with Gasteiger partial charge in [-0.2, -0.15) is 12.7 Å². The topological polar surface area (TPSA) is 147 Å². The van der Waals surface area contributed by atoms with E-state index in [9.17, 15) is 27.6 Å². The number of allylic oxidation sites excluding steroid dienone is 1. The van der Waals surface area contributed by atoms with Crippen LogP contribution < -0.4 is 10.5 Å². The molecule has 3 N–H and O–H groups in total. The number of Topliss-reactive ketones (excluding diaryl/α,β-unsaturated/α-hetero) is 2. The first-order chi connectivity index (χ1) is 22.9. The number of rotatable bonds is 12. The molecule has 10 nitrogen and oxygen atoms in total. The molecule has 6 fully saturated rings. The molecule has 4 saturated carbocycles. The molecule has 0 radical (unpaired) electrons. The number of carbonyl (C=O) groups is 4. The van der Waals surface area contributed by atoms with Crippen molar-refractivity contribution in [2.75, 3.05) is 19.6 Å². The van der Waals surface area contributed by atoms with E-state index in [2.05, 4.69) is 25.1 Å². The minimum absolute atomic E-state index is 0.0399. The van der Waals surface area contributed by atoms with E-state index in [0.29, 0.717) is 32.5 Å². The van der Waals surface area contributed by atoms with Crippen LogP contribution in [0.25, 0.3) is 0 Å². The maximum Gasteiger partial charge on any atom is 0.303 e. The molecule has 0 aromatic heterocycles. The predicted molar refractivity (Wildman–Crippen MR) is 188 cm³/mol. The van der Waals surface area contributed by atoms with Crippen molar-refractivity contribution in [1.29, 1.82) is 0 Å². The molecular weight excluding hydrogens is 641 g/mol. The Balaban J connectivity index is 1.26. The largest absolute Gasteiger partial charge is 0.332 e. The van der Waals surface area contributed by atoms with Gasteiger partial charge in [-0.05, 0) is 79.4 Å². The van der Waals surface area contributed by atoms with Gasteiger partial charge in [0.25, 0.3) is 0 Å². The lowest BCUT2D eigenvalue weighted by molar-refractivity contribution is -0.146. The summed E-state index contributed by atoms with van der Waals surface area (Å²) in [5.74, 6) is -1.99. The molecule has 49 heavy (non-hydrogen) atoms. The van der Waals surface area contributed by atoms with E-state index in [-0.39, 0.29) is 58.4 Å². The molecule has 11 heteroatoms. The zero-order valence-electron chi connectivity index (χ0n) is 30.5. The number of hydrogen-bond acceptors (Lipinski definition) is 7. The van der Waals surface area contributed by atoms with Gasteiger partial charge in [-0.25, -0.2) is 4.72 Å². The summed E-state index contributed by atoms with van der Waals surface area (Å²) in [6.45, 7) is 15.5. The molecule has 2 heterocycles.